The second-order valence-corrected chi connectivity index (χ2v) is 7.06. The smallest absolute Gasteiger partial charge is 0.290 e. The maximum absolute atomic E-state index is 12.7. The lowest BCUT2D eigenvalue weighted by molar-refractivity contribution is 0.0717. The van der Waals surface area contributed by atoms with E-state index in [9.17, 15) is 9.59 Å². The summed E-state index contributed by atoms with van der Waals surface area (Å²) in [5.74, 6) is 1.55. The molecule has 1 aliphatic heterocycles. The number of carbonyl (C=O) groups is 2. The summed E-state index contributed by atoms with van der Waals surface area (Å²) < 4.78 is 10.9. The minimum absolute atomic E-state index is 0.208. The predicted octanol–water partition coefficient (Wildman–Crippen LogP) is 4.20. The Hall–Kier alpha value is -4.33. The fraction of sp³-hybridized carbons (Fsp3) is 0.0870. The molecule has 2 aromatic carbocycles. The van der Waals surface area contributed by atoms with E-state index in [0.717, 1.165) is 17.0 Å². The molecule has 1 aliphatic rings. The lowest BCUT2D eigenvalue weighted by Crippen LogP contribution is -2.25. The molecule has 154 valence electrons. The third-order valence-electron chi connectivity index (χ3n) is 5.00. The van der Waals surface area contributed by atoms with E-state index in [-0.39, 0.29) is 17.6 Å². The van der Waals surface area contributed by atoms with E-state index in [1.807, 2.05) is 30.3 Å². The molecule has 4 aromatic rings. The van der Waals surface area contributed by atoms with Crippen LogP contribution in [0.2, 0.25) is 0 Å². The number of H-pyrrole nitrogens is 1. The fourth-order valence-corrected chi connectivity index (χ4v) is 3.42. The zero-order valence-electron chi connectivity index (χ0n) is 16.4. The quantitative estimate of drug-likeness (QED) is 0.510. The maximum atomic E-state index is 12.7. The minimum atomic E-state index is -0.295. The Labute approximate surface area is 177 Å². The van der Waals surface area contributed by atoms with Crippen LogP contribution in [0.15, 0.2) is 77.4 Å². The first-order valence-electron chi connectivity index (χ1n) is 9.70. The molecule has 5 rings (SSSR count). The van der Waals surface area contributed by atoms with Crippen molar-refractivity contribution >= 4 is 17.6 Å². The van der Waals surface area contributed by atoms with Gasteiger partial charge in [0.2, 0.25) is 0 Å². The Balaban J connectivity index is 1.25. The van der Waals surface area contributed by atoms with Gasteiger partial charge in [-0.05, 0) is 48.5 Å². The zero-order chi connectivity index (χ0) is 21.2. The molecule has 0 radical (unpaired) electrons. The number of carbonyl (C=O) groups excluding carboxylic acids is 2. The van der Waals surface area contributed by atoms with Crippen molar-refractivity contribution in [3.8, 4) is 11.5 Å². The molecule has 0 fully saturated rings. The molecule has 31 heavy (non-hydrogen) atoms. The highest BCUT2D eigenvalue weighted by molar-refractivity contribution is 6.04. The fourth-order valence-electron chi connectivity index (χ4n) is 3.42. The van der Waals surface area contributed by atoms with Crippen molar-refractivity contribution in [3.05, 3.63) is 95.6 Å². The molecule has 0 unspecified atom stereocenters. The molecule has 0 saturated carbocycles. The lowest BCUT2D eigenvalue weighted by atomic mass is 10.2. The molecule has 0 aliphatic carbocycles. The summed E-state index contributed by atoms with van der Waals surface area (Å²) in [4.78, 5) is 26.8. The Morgan fingerprint density at radius 3 is 2.48 bits per heavy atom. The summed E-state index contributed by atoms with van der Waals surface area (Å²) in [6.45, 7) is 0.716. The van der Waals surface area contributed by atoms with E-state index in [0.29, 0.717) is 30.2 Å². The molecular formula is C23H18N4O4. The Morgan fingerprint density at radius 2 is 1.74 bits per heavy atom. The molecular weight excluding hydrogens is 396 g/mol. The number of rotatable bonds is 5. The number of furan rings is 1. The van der Waals surface area contributed by atoms with Gasteiger partial charge in [0.15, 0.2) is 11.6 Å². The van der Waals surface area contributed by atoms with Crippen LogP contribution in [0.25, 0.3) is 0 Å². The van der Waals surface area contributed by atoms with Crippen molar-refractivity contribution < 1.29 is 18.7 Å². The van der Waals surface area contributed by atoms with Crippen LogP contribution in [0.3, 0.4) is 0 Å². The topological polar surface area (TPSA) is 100 Å². The van der Waals surface area contributed by atoms with Gasteiger partial charge in [0, 0.05) is 11.1 Å². The Kier molecular flexibility index (Phi) is 4.72. The van der Waals surface area contributed by atoms with E-state index in [2.05, 4.69) is 15.5 Å². The van der Waals surface area contributed by atoms with Gasteiger partial charge >= 0.3 is 0 Å². The second kappa shape index (κ2) is 7.83. The number of hydrogen-bond acceptors (Lipinski definition) is 5. The van der Waals surface area contributed by atoms with Crippen LogP contribution in [-0.4, -0.2) is 26.9 Å². The van der Waals surface area contributed by atoms with Gasteiger partial charge in [-0.15, -0.1) is 0 Å². The number of nitrogens with zero attached hydrogens (tertiary/aromatic N) is 2. The molecule has 0 spiro atoms. The van der Waals surface area contributed by atoms with Gasteiger partial charge in [0.25, 0.3) is 11.8 Å². The third-order valence-corrected chi connectivity index (χ3v) is 5.00. The van der Waals surface area contributed by atoms with Crippen LogP contribution >= 0.6 is 0 Å². The summed E-state index contributed by atoms with van der Waals surface area (Å²) in [7, 11) is 0. The van der Waals surface area contributed by atoms with Crippen molar-refractivity contribution in [2.45, 2.75) is 13.1 Å². The molecule has 0 bridgehead atoms. The number of amides is 2. The summed E-state index contributed by atoms with van der Waals surface area (Å²) >= 11 is 0. The predicted molar refractivity (Wildman–Crippen MR) is 112 cm³/mol. The van der Waals surface area contributed by atoms with Crippen LogP contribution in [0.4, 0.5) is 5.82 Å². The highest BCUT2D eigenvalue weighted by Crippen LogP contribution is 2.29. The van der Waals surface area contributed by atoms with E-state index >= 15 is 0 Å². The molecule has 2 N–H and O–H groups in total. The van der Waals surface area contributed by atoms with Gasteiger partial charge in [-0.25, -0.2) is 0 Å². The van der Waals surface area contributed by atoms with Crippen molar-refractivity contribution in [2.24, 2.45) is 0 Å². The van der Waals surface area contributed by atoms with E-state index in [4.69, 9.17) is 9.15 Å². The number of hydrogen-bond donors (Lipinski definition) is 2. The number of para-hydroxylation sites is 1. The molecule has 2 amide bonds. The van der Waals surface area contributed by atoms with E-state index in [1.54, 1.807) is 41.3 Å². The second-order valence-electron chi connectivity index (χ2n) is 7.06. The maximum Gasteiger partial charge on any atom is 0.290 e. The molecule has 8 heteroatoms. The van der Waals surface area contributed by atoms with Gasteiger partial charge in [-0.3, -0.25) is 14.7 Å². The largest absolute Gasteiger partial charge is 0.459 e. The average molecular weight is 414 g/mol. The zero-order valence-corrected chi connectivity index (χ0v) is 16.4. The van der Waals surface area contributed by atoms with Crippen LogP contribution in [0, 0.1) is 0 Å². The summed E-state index contributed by atoms with van der Waals surface area (Å²) in [5.41, 5.74) is 2.05. The lowest BCUT2D eigenvalue weighted by Gasteiger charge is -2.14. The van der Waals surface area contributed by atoms with Gasteiger partial charge in [-0.1, -0.05) is 18.2 Å². The number of fused-ring (bicyclic) bond motifs is 1. The van der Waals surface area contributed by atoms with Crippen LogP contribution in [-0.2, 0) is 13.1 Å². The number of ether oxygens (including phenoxy) is 1. The van der Waals surface area contributed by atoms with Crippen LogP contribution < -0.4 is 10.1 Å². The van der Waals surface area contributed by atoms with Crippen molar-refractivity contribution in [3.63, 3.8) is 0 Å². The third kappa shape index (κ3) is 3.78. The normalized spacial score (nSPS) is 12.5. The van der Waals surface area contributed by atoms with Gasteiger partial charge in [0.05, 0.1) is 25.0 Å². The highest BCUT2D eigenvalue weighted by Gasteiger charge is 2.30. The molecule has 8 nitrogen and oxygen atoms in total. The first-order valence-corrected chi connectivity index (χ1v) is 9.70. The summed E-state index contributed by atoms with van der Waals surface area (Å²) in [6, 6.07) is 19.6. The first-order chi connectivity index (χ1) is 15.2. The molecule has 0 atom stereocenters. The van der Waals surface area contributed by atoms with Crippen LogP contribution in [0.1, 0.15) is 32.2 Å². The van der Waals surface area contributed by atoms with Gasteiger partial charge in [0.1, 0.15) is 11.5 Å². The van der Waals surface area contributed by atoms with E-state index < -0.39 is 0 Å². The summed E-state index contributed by atoms with van der Waals surface area (Å²) in [5, 5.41) is 9.91. The number of benzene rings is 2. The number of aromatic amines is 1. The number of nitrogens with one attached hydrogen (secondary N) is 2. The van der Waals surface area contributed by atoms with E-state index in [1.165, 1.54) is 6.26 Å². The van der Waals surface area contributed by atoms with Crippen molar-refractivity contribution in [2.75, 3.05) is 5.32 Å². The number of aromatic nitrogens is 2. The molecule has 3 heterocycles. The molecule has 0 saturated heterocycles. The standard InChI is InChI=1S/C23H18N4O4/c28-22(15-8-10-17(11-9-15)31-16-5-2-1-3-6-16)24-21-18-13-27(14-19(18)25-26-21)23(29)20-7-4-12-30-20/h1-12H,13-14H2,(H2,24,25,26,28). The van der Waals surface area contributed by atoms with Gasteiger partial charge in [-0.2, -0.15) is 5.10 Å². The minimum Gasteiger partial charge on any atom is -0.459 e. The van der Waals surface area contributed by atoms with Crippen molar-refractivity contribution in [1.29, 1.82) is 0 Å². The SMILES string of the molecule is O=C(Nc1n[nH]c2c1CN(C(=O)c1ccco1)C2)c1ccc(Oc2ccccc2)cc1. The monoisotopic (exact) mass is 414 g/mol. The average Bonchev–Trinajstić information content (AvgIpc) is 3.54. The Bertz CT molecular complexity index is 1210. The molecule has 2 aromatic heterocycles. The Morgan fingerprint density at radius 1 is 0.968 bits per heavy atom. The summed E-state index contributed by atoms with van der Waals surface area (Å²) in [6.07, 6.45) is 1.46. The highest BCUT2D eigenvalue weighted by atomic mass is 16.5. The van der Waals surface area contributed by atoms with Crippen LogP contribution in [0.5, 0.6) is 11.5 Å². The van der Waals surface area contributed by atoms with Crippen molar-refractivity contribution in [1.82, 2.24) is 15.1 Å². The number of anilines is 1. The van der Waals surface area contributed by atoms with Gasteiger partial charge < -0.3 is 19.4 Å². The first kappa shape index (κ1) is 18.7.